The highest BCUT2D eigenvalue weighted by atomic mass is 16.2. The van der Waals surface area contributed by atoms with Crippen LogP contribution in [0.2, 0.25) is 0 Å². The van der Waals surface area contributed by atoms with Crippen LogP contribution in [0.3, 0.4) is 0 Å². The Morgan fingerprint density at radius 1 is 1.11 bits per heavy atom. The first-order valence-corrected chi connectivity index (χ1v) is 8.03. The van der Waals surface area contributed by atoms with Gasteiger partial charge in [0.25, 0.3) is 0 Å². The van der Waals surface area contributed by atoms with Gasteiger partial charge in [-0.1, -0.05) is 26.2 Å². The fourth-order valence-electron chi connectivity index (χ4n) is 3.16. The molecule has 4 nitrogen and oxygen atoms in total. The van der Waals surface area contributed by atoms with E-state index in [-0.39, 0.29) is 0 Å². The van der Waals surface area contributed by atoms with Crippen molar-refractivity contribution in [2.24, 2.45) is 0 Å². The van der Waals surface area contributed by atoms with E-state index in [1.807, 2.05) is 4.90 Å². The summed E-state index contributed by atoms with van der Waals surface area (Å²) in [7, 11) is 0. The summed E-state index contributed by atoms with van der Waals surface area (Å²) >= 11 is 0. The molecule has 2 fully saturated rings. The molecule has 0 spiro atoms. The Labute approximate surface area is 117 Å². The molecule has 1 heterocycles. The minimum absolute atomic E-state index is 0.332. The number of amides is 1. The zero-order valence-corrected chi connectivity index (χ0v) is 12.4. The molecule has 1 saturated carbocycles. The Morgan fingerprint density at radius 2 is 1.79 bits per heavy atom. The van der Waals surface area contributed by atoms with Gasteiger partial charge >= 0.3 is 0 Å². The van der Waals surface area contributed by atoms with Crippen molar-refractivity contribution in [2.45, 2.75) is 51.5 Å². The molecule has 4 heteroatoms. The van der Waals surface area contributed by atoms with Crippen molar-refractivity contribution in [2.75, 3.05) is 39.3 Å². The van der Waals surface area contributed by atoms with E-state index in [1.54, 1.807) is 0 Å². The predicted octanol–water partition coefficient (Wildman–Crippen LogP) is 1.46. The van der Waals surface area contributed by atoms with Gasteiger partial charge < -0.3 is 15.1 Å². The van der Waals surface area contributed by atoms with Gasteiger partial charge in [-0.15, -0.1) is 0 Å². The van der Waals surface area contributed by atoms with Crippen LogP contribution < -0.4 is 5.32 Å². The summed E-state index contributed by atoms with van der Waals surface area (Å²) in [5, 5.41) is 3.55. The number of rotatable bonds is 5. The van der Waals surface area contributed by atoms with Crippen LogP contribution in [0, 0.1) is 0 Å². The van der Waals surface area contributed by atoms with Gasteiger partial charge in [-0.2, -0.15) is 0 Å². The minimum atomic E-state index is 0.332. The summed E-state index contributed by atoms with van der Waals surface area (Å²) in [6, 6.07) is 0.665. The van der Waals surface area contributed by atoms with E-state index in [0.29, 0.717) is 18.4 Å². The van der Waals surface area contributed by atoms with E-state index in [2.05, 4.69) is 17.1 Å². The van der Waals surface area contributed by atoms with Gasteiger partial charge in [0.05, 0.1) is 0 Å². The summed E-state index contributed by atoms with van der Waals surface area (Å²) in [5.74, 6) is 0.332. The van der Waals surface area contributed by atoms with E-state index in [9.17, 15) is 4.79 Å². The molecular formula is C15H29N3O. The molecule has 1 saturated heterocycles. The number of likely N-dealkylation sites (N-methyl/N-ethyl adjacent to an activating group) is 1. The first kappa shape index (κ1) is 14.8. The van der Waals surface area contributed by atoms with Crippen LogP contribution in [0.25, 0.3) is 0 Å². The number of nitrogens with one attached hydrogen (secondary N) is 1. The molecule has 1 N–H and O–H groups in total. The van der Waals surface area contributed by atoms with Crippen LogP contribution in [0.1, 0.15) is 45.4 Å². The molecule has 2 aliphatic rings. The molecule has 0 unspecified atom stereocenters. The Kier molecular flexibility index (Phi) is 6.11. The lowest BCUT2D eigenvalue weighted by Gasteiger charge is -2.34. The maximum Gasteiger partial charge on any atom is 0.223 e. The van der Waals surface area contributed by atoms with Crippen LogP contribution in [-0.2, 0) is 4.79 Å². The third kappa shape index (κ3) is 4.77. The van der Waals surface area contributed by atoms with Crippen molar-refractivity contribution in [3.05, 3.63) is 0 Å². The third-order valence-electron chi connectivity index (χ3n) is 4.55. The van der Waals surface area contributed by atoms with Crippen molar-refractivity contribution in [3.63, 3.8) is 0 Å². The average molecular weight is 267 g/mol. The van der Waals surface area contributed by atoms with Gasteiger partial charge in [0, 0.05) is 45.2 Å². The van der Waals surface area contributed by atoms with Crippen molar-refractivity contribution < 1.29 is 4.79 Å². The van der Waals surface area contributed by atoms with Crippen molar-refractivity contribution in [1.29, 1.82) is 0 Å². The highest BCUT2D eigenvalue weighted by molar-refractivity contribution is 5.76. The van der Waals surface area contributed by atoms with Gasteiger partial charge in [-0.05, 0) is 19.4 Å². The monoisotopic (exact) mass is 267 g/mol. The first-order chi connectivity index (χ1) is 9.29. The summed E-state index contributed by atoms with van der Waals surface area (Å²) < 4.78 is 0. The molecule has 1 amide bonds. The van der Waals surface area contributed by atoms with Crippen LogP contribution in [0.15, 0.2) is 0 Å². The normalized spacial score (nSPS) is 22.7. The quantitative estimate of drug-likeness (QED) is 0.819. The molecule has 110 valence electrons. The molecular weight excluding hydrogens is 238 g/mol. The van der Waals surface area contributed by atoms with Crippen molar-refractivity contribution in [1.82, 2.24) is 15.1 Å². The van der Waals surface area contributed by atoms with E-state index < -0.39 is 0 Å². The Balaban J connectivity index is 1.59. The molecule has 0 aromatic rings. The molecule has 1 aliphatic carbocycles. The summed E-state index contributed by atoms with van der Waals surface area (Å²) in [6.07, 6.45) is 7.35. The molecule has 19 heavy (non-hydrogen) atoms. The van der Waals surface area contributed by atoms with Crippen LogP contribution >= 0.6 is 0 Å². The largest absolute Gasteiger partial charge is 0.340 e. The Hall–Kier alpha value is -0.610. The molecule has 0 bridgehead atoms. The second-order valence-electron chi connectivity index (χ2n) is 5.85. The summed E-state index contributed by atoms with van der Waals surface area (Å²) in [6.45, 7) is 8.05. The van der Waals surface area contributed by atoms with Gasteiger partial charge in [0.15, 0.2) is 0 Å². The van der Waals surface area contributed by atoms with Gasteiger partial charge in [0.1, 0.15) is 0 Å². The number of hydrogen-bond donors (Lipinski definition) is 1. The third-order valence-corrected chi connectivity index (χ3v) is 4.55. The Bertz CT molecular complexity index is 269. The van der Waals surface area contributed by atoms with Gasteiger partial charge in [-0.3, -0.25) is 4.79 Å². The number of carbonyl (C=O) groups is 1. The van der Waals surface area contributed by atoms with Crippen molar-refractivity contribution in [3.8, 4) is 0 Å². The highest BCUT2D eigenvalue weighted by Crippen LogP contribution is 2.17. The lowest BCUT2D eigenvalue weighted by Crippen LogP contribution is -2.49. The second kappa shape index (κ2) is 7.85. The SMILES string of the molecule is CCN1CCN(C(=O)CCNC2CCCCC2)CC1. The molecule has 0 atom stereocenters. The van der Waals surface area contributed by atoms with E-state index >= 15 is 0 Å². The molecule has 0 aromatic carbocycles. The fraction of sp³-hybridized carbons (Fsp3) is 0.933. The highest BCUT2D eigenvalue weighted by Gasteiger charge is 2.20. The minimum Gasteiger partial charge on any atom is -0.340 e. The standard InChI is InChI=1S/C15H29N3O/c1-2-17-10-12-18(13-11-17)15(19)8-9-16-14-6-4-3-5-7-14/h14,16H,2-13H2,1H3. The number of carbonyl (C=O) groups excluding carboxylic acids is 1. The van der Waals surface area contributed by atoms with E-state index in [4.69, 9.17) is 0 Å². The second-order valence-corrected chi connectivity index (χ2v) is 5.85. The van der Waals surface area contributed by atoms with E-state index in [1.165, 1.54) is 32.1 Å². The topological polar surface area (TPSA) is 35.6 Å². The zero-order chi connectivity index (χ0) is 13.5. The summed E-state index contributed by atoms with van der Waals surface area (Å²) in [5.41, 5.74) is 0. The van der Waals surface area contributed by atoms with Crippen LogP contribution in [0.4, 0.5) is 0 Å². The van der Waals surface area contributed by atoms with Crippen molar-refractivity contribution >= 4 is 5.91 Å². The molecule has 2 rings (SSSR count). The predicted molar refractivity (Wildman–Crippen MR) is 78.2 cm³/mol. The first-order valence-electron chi connectivity index (χ1n) is 8.03. The van der Waals surface area contributed by atoms with Crippen LogP contribution in [0.5, 0.6) is 0 Å². The lowest BCUT2D eigenvalue weighted by molar-refractivity contribution is -0.132. The molecule has 0 aromatic heterocycles. The smallest absolute Gasteiger partial charge is 0.223 e. The van der Waals surface area contributed by atoms with E-state index in [0.717, 1.165) is 39.3 Å². The zero-order valence-electron chi connectivity index (χ0n) is 12.4. The van der Waals surface area contributed by atoms with Gasteiger partial charge in [0.2, 0.25) is 5.91 Å². The number of hydrogen-bond acceptors (Lipinski definition) is 3. The number of nitrogens with zero attached hydrogens (tertiary/aromatic N) is 2. The fourth-order valence-corrected chi connectivity index (χ4v) is 3.16. The van der Waals surface area contributed by atoms with Gasteiger partial charge in [-0.25, -0.2) is 0 Å². The lowest BCUT2D eigenvalue weighted by atomic mass is 9.95. The maximum absolute atomic E-state index is 12.1. The molecule has 0 radical (unpaired) electrons. The Morgan fingerprint density at radius 3 is 2.42 bits per heavy atom. The maximum atomic E-state index is 12.1. The summed E-state index contributed by atoms with van der Waals surface area (Å²) in [4.78, 5) is 16.5. The number of piperazine rings is 1. The average Bonchev–Trinajstić information content (AvgIpc) is 2.48. The molecule has 1 aliphatic heterocycles. The van der Waals surface area contributed by atoms with Crippen LogP contribution in [-0.4, -0.2) is 61.0 Å².